The predicted octanol–water partition coefficient (Wildman–Crippen LogP) is -1.45. The molecule has 6 heteroatoms. The van der Waals surface area contributed by atoms with E-state index in [0.29, 0.717) is 0 Å². The van der Waals surface area contributed by atoms with Gasteiger partial charge in [0.2, 0.25) is 0 Å². The fourth-order valence-electron chi connectivity index (χ4n) is 0.678. The summed E-state index contributed by atoms with van der Waals surface area (Å²) in [6.45, 7) is 1.39. The molecule has 0 saturated heterocycles. The van der Waals surface area contributed by atoms with Crippen LogP contribution in [0.5, 0.6) is 0 Å². The van der Waals surface area contributed by atoms with E-state index in [-0.39, 0.29) is 6.54 Å². The highest BCUT2D eigenvalue weighted by molar-refractivity contribution is 5.86. The van der Waals surface area contributed by atoms with Crippen molar-refractivity contribution in [3.05, 3.63) is 0 Å². The normalized spacial score (nSPS) is 14.7. The van der Waals surface area contributed by atoms with Crippen molar-refractivity contribution >= 4 is 11.9 Å². The first-order valence-electron chi connectivity index (χ1n) is 3.79. The van der Waals surface area contributed by atoms with Gasteiger partial charge in [-0.3, -0.25) is 9.59 Å². The standard InChI is InChI=1S/C7H14N2O4/c1-4(7(11)12)9-6(10)5(3-8)13-2/h4-5H,3,8H2,1-2H3,(H,9,10)(H,11,12)/t4-,5?/m1/s1. The van der Waals surface area contributed by atoms with E-state index in [1.165, 1.54) is 14.0 Å². The van der Waals surface area contributed by atoms with Gasteiger partial charge in [0.15, 0.2) is 0 Å². The highest BCUT2D eigenvalue weighted by atomic mass is 16.5. The van der Waals surface area contributed by atoms with Gasteiger partial charge in [0, 0.05) is 13.7 Å². The summed E-state index contributed by atoms with van der Waals surface area (Å²) in [6, 6.07) is -0.934. The lowest BCUT2D eigenvalue weighted by molar-refractivity contribution is -0.143. The van der Waals surface area contributed by atoms with Crippen LogP contribution in [0.1, 0.15) is 6.92 Å². The van der Waals surface area contributed by atoms with E-state index in [4.69, 9.17) is 15.6 Å². The highest BCUT2D eigenvalue weighted by Gasteiger charge is 2.20. The first kappa shape index (κ1) is 11.9. The third-order valence-corrected chi connectivity index (χ3v) is 1.52. The fraction of sp³-hybridized carbons (Fsp3) is 0.714. The Labute approximate surface area is 76.0 Å². The first-order valence-corrected chi connectivity index (χ1v) is 3.79. The van der Waals surface area contributed by atoms with Crippen LogP contribution in [0, 0.1) is 0 Å². The molecule has 0 saturated carbocycles. The Morgan fingerprint density at radius 2 is 2.15 bits per heavy atom. The number of hydrogen-bond acceptors (Lipinski definition) is 4. The minimum atomic E-state index is -1.10. The Morgan fingerprint density at radius 1 is 1.62 bits per heavy atom. The van der Waals surface area contributed by atoms with Crippen molar-refractivity contribution in [2.45, 2.75) is 19.1 Å². The lowest BCUT2D eigenvalue weighted by Crippen LogP contribution is -2.46. The summed E-state index contributed by atoms with van der Waals surface area (Å²) in [7, 11) is 1.34. The third-order valence-electron chi connectivity index (χ3n) is 1.52. The van der Waals surface area contributed by atoms with Crippen molar-refractivity contribution in [1.29, 1.82) is 0 Å². The Kier molecular flexibility index (Phi) is 5.01. The Morgan fingerprint density at radius 3 is 2.46 bits per heavy atom. The van der Waals surface area contributed by atoms with Gasteiger partial charge in [-0.15, -0.1) is 0 Å². The zero-order chi connectivity index (χ0) is 10.4. The molecule has 0 bridgehead atoms. The number of nitrogens with two attached hydrogens (primary N) is 1. The molecule has 1 amide bonds. The van der Waals surface area contributed by atoms with E-state index in [0.717, 1.165) is 0 Å². The molecule has 0 aliphatic rings. The molecule has 0 aliphatic heterocycles. The average molecular weight is 190 g/mol. The van der Waals surface area contributed by atoms with E-state index in [2.05, 4.69) is 5.32 Å². The molecule has 2 atom stereocenters. The maximum Gasteiger partial charge on any atom is 0.325 e. The Balaban J connectivity index is 4.05. The third kappa shape index (κ3) is 3.86. The van der Waals surface area contributed by atoms with Gasteiger partial charge >= 0.3 is 5.97 Å². The lowest BCUT2D eigenvalue weighted by atomic mass is 10.3. The summed E-state index contributed by atoms with van der Waals surface area (Å²) in [4.78, 5) is 21.5. The monoisotopic (exact) mass is 190 g/mol. The van der Waals surface area contributed by atoms with E-state index < -0.39 is 24.0 Å². The van der Waals surface area contributed by atoms with Crippen molar-refractivity contribution < 1.29 is 19.4 Å². The number of carbonyl (C=O) groups excluding carboxylic acids is 1. The molecule has 0 aromatic rings. The Hall–Kier alpha value is -1.14. The van der Waals surface area contributed by atoms with Gasteiger partial charge in [0.05, 0.1) is 0 Å². The van der Waals surface area contributed by atoms with Crippen molar-refractivity contribution in [2.75, 3.05) is 13.7 Å². The van der Waals surface area contributed by atoms with Gasteiger partial charge in [0.25, 0.3) is 5.91 Å². The van der Waals surface area contributed by atoms with Crippen LogP contribution in [0.3, 0.4) is 0 Å². The molecule has 76 valence electrons. The molecular weight excluding hydrogens is 176 g/mol. The summed E-state index contributed by atoms with van der Waals surface area (Å²) in [5, 5.41) is 10.7. The molecule has 6 nitrogen and oxygen atoms in total. The smallest absolute Gasteiger partial charge is 0.325 e. The lowest BCUT2D eigenvalue weighted by Gasteiger charge is -2.15. The molecule has 1 unspecified atom stereocenters. The van der Waals surface area contributed by atoms with Gasteiger partial charge < -0.3 is 20.9 Å². The van der Waals surface area contributed by atoms with Gasteiger partial charge in [-0.25, -0.2) is 0 Å². The topological polar surface area (TPSA) is 102 Å². The maximum atomic E-state index is 11.1. The first-order chi connectivity index (χ1) is 6.02. The van der Waals surface area contributed by atoms with Crippen LogP contribution in [0.25, 0.3) is 0 Å². The van der Waals surface area contributed by atoms with Crippen LogP contribution < -0.4 is 11.1 Å². The summed E-state index contributed by atoms with van der Waals surface area (Å²) in [5.74, 6) is -1.61. The van der Waals surface area contributed by atoms with Crippen LogP contribution in [0.15, 0.2) is 0 Å². The number of ether oxygens (including phenoxy) is 1. The second-order valence-electron chi connectivity index (χ2n) is 2.53. The van der Waals surface area contributed by atoms with Crippen LogP contribution in [-0.2, 0) is 14.3 Å². The molecule has 0 aliphatic carbocycles. The molecule has 0 aromatic heterocycles. The van der Waals surface area contributed by atoms with E-state index in [1.54, 1.807) is 0 Å². The van der Waals surface area contributed by atoms with Gasteiger partial charge in [-0.05, 0) is 6.92 Å². The van der Waals surface area contributed by atoms with E-state index in [9.17, 15) is 9.59 Å². The molecule has 0 radical (unpaired) electrons. The number of hydrogen-bond donors (Lipinski definition) is 3. The quantitative estimate of drug-likeness (QED) is 0.492. The number of amides is 1. The Bertz CT molecular complexity index is 191. The number of aliphatic carboxylic acids is 1. The summed E-state index contributed by atoms with van der Waals surface area (Å²) in [5.41, 5.74) is 5.20. The maximum absolute atomic E-state index is 11.1. The fourth-order valence-corrected chi connectivity index (χ4v) is 0.678. The number of carbonyl (C=O) groups is 2. The van der Waals surface area contributed by atoms with Gasteiger partial charge in [-0.1, -0.05) is 0 Å². The number of carboxylic acids is 1. The van der Waals surface area contributed by atoms with Crippen LogP contribution in [-0.4, -0.2) is 42.8 Å². The van der Waals surface area contributed by atoms with Crippen LogP contribution in [0.2, 0.25) is 0 Å². The number of methoxy groups -OCH3 is 1. The van der Waals surface area contributed by atoms with E-state index >= 15 is 0 Å². The van der Waals surface area contributed by atoms with Crippen LogP contribution >= 0.6 is 0 Å². The summed E-state index contributed by atoms with van der Waals surface area (Å²) >= 11 is 0. The summed E-state index contributed by atoms with van der Waals surface area (Å²) in [6.07, 6.45) is -0.790. The van der Waals surface area contributed by atoms with Gasteiger partial charge in [0.1, 0.15) is 12.1 Å². The number of rotatable bonds is 5. The molecular formula is C7H14N2O4. The SMILES string of the molecule is COC(CN)C(=O)N[C@H](C)C(=O)O. The van der Waals surface area contributed by atoms with Crippen molar-refractivity contribution in [3.63, 3.8) is 0 Å². The predicted molar refractivity (Wildman–Crippen MR) is 45.1 cm³/mol. The zero-order valence-corrected chi connectivity index (χ0v) is 7.61. The second-order valence-corrected chi connectivity index (χ2v) is 2.53. The average Bonchev–Trinajstić information content (AvgIpc) is 2.06. The largest absolute Gasteiger partial charge is 0.480 e. The van der Waals surface area contributed by atoms with Crippen LogP contribution in [0.4, 0.5) is 0 Å². The second kappa shape index (κ2) is 5.50. The number of nitrogens with one attached hydrogen (secondary N) is 1. The molecule has 0 aromatic carbocycles. The highest BCUT2D eigenvalue weighted by Crippen LogP contribution is 1.89. The zero-order valence-electron chi connectivity index (χ0n) is 7.61. The van der Waals surface area contributed by atoms with Crippen molar-refractivity contribution in [1.82, 2.24) is 5.32 Å². The molecule has 4 N–H and O–H groups in total. The van der Waals surface area contributed by atoms with E-state index in [1.807, 2.05) is 0 Å². The molecule has 0 fully saturated rings. The number of carboxylic acid groups (broad SMARTS) is 1. The summed E-state index contributed by atoms with van der Waals surface area (Å²) < 4.78 is 4.71. The molecule has 13 heavy (non-hydrogen) atoms. The van der Waals surface area contributed by atoms with Gasteiger partial charge in [-0.2, -0.15) is 0 Å². The molecule has 0 heterocycles. The molecule has 0 rings (SSSR count). The minimum Gasteiger partial charge on any atom is -0.480 e. The van der Waals surface area contributed by atoms with Crippen molar-refractivity contribution in [3.8, 4) is 0 Å². The molecule has 0 spiro atoms. The minimum absolute atomic E-state index is 0.0225. The van der Waals surface area contributed by atoms with Crippen molar-refractivity contribution in [2.24, 2.45) is 5.73 Å².